The second-order valence-electron chi connectivity index (χ2n) is 4.77. The predicted molar refractivity (Wildman–Crippen MR) is 85.1 cm³/mol. The van der Waals surface area contributed by atoms with Gasteiger partial charge in [0, 0.05) is 6.08 Å². The highest BCUT2D eigenvalue weighted by Crippen LogP contribution is 2.14. The van der Waals surface area contributed by atoms with Gasteiger partial charge < -0.3 is 0 Å². The normalized spacial score (nSPS) is 11.1. The van der Waals surface area contributed by atoms with Gasteiger partial charge in [0.1, 0.15) is 11.6 Å². The Balaban J connectivity index is 2.11. The number of hydrogen-bond donors (Lipinski definition) is 2. The first kappa shape index (κ1) is 17.2. The minimum Gasteiger partial charge on any atom is -0.289 e. The summed E-state index contributed by atoms with van der Waals surface area (Å²) >= 11 is 0. The van der Waals surface area contributed by atoms with Crippen molar-refractivity contribution in [3.8, 4) is 0 Å². The van der Waals surface area contributed by atoms with Gasteiger partial charge >= 0.3 is 0 Å². The van der Waals surface area contributed by atoms with Crippen LogP contribution in [-0.4, -0.2) is 16.9 Å². The molecule has 2 rings (SSSR count). The maximum Gasteiger partial charge on any atom is 0.267 e. The summed E-state index contributed by atoms with van der Waals surface area (Å²) in [6.07, 6.45) is 5.15. The molecule has 0 heterocycles. The first-order valence-electron chi connectivity index (χ1n) is 6.90. The summed E-state index contributed by atoms with van der Waals surface area (Å²) in [6, 6.07) is 9.91. The Kier molecular flexibility index (Phi) is 5.70. The highest BCUT2D eigenvalue weighted by Gasteiger charge is 2.14. The summed E-state index contributed by atoms with van der Waals surface area (Å²) in [5.74, 6) is -3.25. The summed E-state index contributed by atoms with van der Waals surface area (Å²) in [6.45, 7) is 0. The number of ketones is 1. The number of rotatable bonds is 5. The zero-order valence-electron chi connectivity index (χ0n) is 12.4. The smallest absolute Gasteiger partial charge is 0.267 e. The van der Waals surface area contributed by atoms with E-state index in [9.17, 15) is 18.4 Å². The van der Waals surface area contributed by atoms with Gasteiger partial charge in [0.15, 0.2) is 5.78 Å². The average molecular weight is 329 g/mol. The van der Waals surface area contributed by atoms with E-state index >= 15 is 0 Å². The van der Waals surface area contributed by atoms with Gasteiger partial charge in [0.05, 0.1) is 5.56 Å². The molecule has 0 saturated heterocycles. The van der Waals surface area contributed by atoms with Crippen LogP contribution in [0.1, 0.15) is 21.5 Å². The molecule has 0 unspecified atom stereocenters. The monoisotopic (exact) mass is 329 g/mol. The van der Waals surface area contributed by atoms with E-state index in [1.54, 1.807) is 24.3 Å². The van der Waals surface area contributed by atoms with Gasteiger partial charge in [0.25, 0.3) is 5.91 Å². The van der Waals surface area contributed by atoms with Crippen LogP contribution >= 0.6 is 0 Å². The molecular weight excluding hydrogens is 316 g/mol. The molecule has 122 valence electrons. The molecule has 24 heavy (non-hydrogen) atoms. The van der Waals surface area contributed by atoms with Crippen molar-refractivity contribution in [3.63, 3.8) is 0 Å². The predicted octanol–water partition coefficient (Wildman–Crippen LogP) is 3.38. The van der Waals surface area contributed by atoms with Crippen LogP contribution in [0.3, 0.4) is 0 Å². The number of nitrogens with one attached hydrogen (secondary N) is 1. The number of carbonyl (C=O) groups excluding carboxylic acids is 2. The Morgan fingerprint density at radius 1 is 0.875 bits per heavy atom. The maximum atomic E-state index is 13.5. The van der Waals surface area contributed by atoms with Crippen LogP contribution in [-0.2, 0) is 4.79 Å². The first-order chi connectivity index (χ1) is 11.5. The van der Waals surface area contributed by atoms with Gasteiger partial charge in [0.2, 0.25) is 0 Å². The van der Waals surface area contributed by atoms with Gasteiger partial charge in [-0.3, -0.25) is 14.8 Å². The standard InChI is InChI=1S/C18H13F2NO3/c19-14-2-1-3-15(20)18(14)16(22)10-8-12-4-6-13(7-5-12)9-11-17(23)21-24/h1-11,24H,(H,21,23). The van der Waals surface area contributed by atoms with E-state index in [4.69, 9.17) is 5.21 Å². The van der Waals surface area contributed by atoms with Gasteiger partial charge in [-0.1, -0.05) is 36.4 Å². The molecule has 0 spiro atoms. The van der Waals surface area contributed by atoms with E-state index in [1.807, 2.05) is 0 Å². The molecule has 0 bridgehead atoms. The molecule has 2 aromatic carbocycles. The van der Waals surface area contributed by atoms with Gasteiger partial charge in [-0.15, -0.1) is 0 Å². The van der Waals surface area contributed by atoms with Crippen molar-refractivity contribution in [2.24, 2.45) is 0 Å². The van der Waals surface area contributed by atoms with Crippen LogP contribution in [0.25, 0.3) is 12.2 Å². The van der Waals surface area contributed by atoms with E-state index in [0.717, 1.165) is 24.3 Å². The Morgan fingerprint density at radius 2 is 1.38 bits per heavy atom. The van der Waals surface area contributed by atoms with Crippen molar-refractivity contribution in [1.82, 2.24) is 5.48 Å². The number of benzene rings is 2. The van der Waals surface area contributed by atoms with Crippen molar-refractivity contribution in [2.75, 3.05) is 0 Å². The summed E-state index contributed by atoms with van der Waals surface area (Å²) in [7, 11) is 0. The van der Waals surface area contributed by atoms with Gasteiger partial charge in [-0.05, 0) is 35.4 Å². The van der Waals surface area contributed by atoms with Crippen LogP contribution in [0.5, 0.6) is 0 Å². The van der Waals surface area contributed by atoms with Crippen LogP contribution < -0.4 is 5.48 Å². The van der Waals surface area contributed by atoms with E-state index in [1.165, 1.54) is 23.7 Å². The third-order valence-corrected chi connectivity index (χ3v) is 3.11. The zero-order chi connectivity index (χ0) is 17.5. The molecule has 2 N–H and O–H groups in total. The Labute approximate surface area is 136 Å². The van der Waals surface area contributed by atoms with E-state index < -0.39 is 28.9 Å². The van der Waals surface area contributed by atoms with E-state index in [-0.39, 0.29) is 0 Å². The largest absolute Gasteiger partial charge is 0.289 e. The molecule has 0 aliphatic rings. The van der Waals surface area contributed by atoms with Crippen molar-refractivity contribution in [3.05, 3.63) is 82.9 Å². The fraction of sp³-hybridized carbons (Fsp3) is 0. The Hall–Kier alpha value is -3.12. The van der Waals surface area contributed by atoms with Crippen molar-refractivity contribution in [2.45, 2.75) is 0 Å². The van der Waals surface area contributed by atoms with Crippen molar-refractivity contribution < 1.29 is 23.6 Å². The lowest BCUT2D eigenvalue weighted by Crippen LogP contribution is -2.14. The third-order valence-electron chi connectivity index (χ3n) is 3.11. The maximum absolute atomic E-state index is 13.5. The first-order valence-corrected chi connectivity index (χ1v) is 6.90. The molecule has 0 radical (unpaired) electrons. The molecule has 1 amide bonds. The lowest BCUT2D eigenvalue weighted by atomic mass is 10.1. The summed E-state index contributed by atoms with van der Waals surface area (Å²) in [4.78, 5) is 22.8. The van der Waals surface area contributed by atoms with Gasteiger partial charge in [-0.25, -0.2) is 14.3 Å². The van der Waals surface area contributed by atoms with E-state index in [0.29, 0.717) is 11.1 Å². The summed E-state index contributed by atoms with van der Waals surface area (Å²) in [5, 5.41) is 8.37. The Morgan fingerprint density at radius 3 is 1.88 bits per heavy atom. The minimum absolute atomic E-state index is 0.594. The molecule has 0 aliphatic carbocycles. The topological polar surface area (TPSA) is 66.4 Å². The Bertz CT molecular complexity index is 791. The van der Waals surface area contributed by atoms with E-state index in [2.05, 4.69) is 0 Å². The summed E-state index contributed by atoms with van der Waals surface area (Å²) < 4.78 is 27.0. The fourth-order valence-electron chi connectivity index (χ4n) is 1.92. The van der Waals surface area contributed by atoms with Crippen LogP contribution in [0.2, 0.25) is 0 Å². The molecule has 4 nitrogen and oxygen atoms in total. The molecule has 6 heteroatoms. The highest BCUT2D eigenvalue weighted by atomic mass is 19.1. The average Bonchev–Trinajstić information content (AvgIpc) is 2.58. The number of hydrogen-bond acceptors (Lipinski definition) is 3. The molecule has 0 aliphatic heterocycles. The van der Waals surface area contributed by atoms with Crippen LogP contribution in [0, 0.1) is 11.6 Å². The third kappa shape index (κ3) is 4.44. The number of amides is 1. The van der Waals surface area contributed by atoms with Crippen molar-refractivity contribution in [1.29, 1.82) is 0 Å². The lowest BCUT2D eigenvalue weighted by molar-refractivity contribution is -0.124. The van der Waals surface area contributed by atoms with Crippen LogP contribution in [0.4, 0.5) is 8.78 Å². The second-order valence-corrected chi connectivity index (χ2v) is 4.77. The summed E-state index contributed by atoms with van der Waals surface area (Å²) in [5.41, 5.74) is 2.21. The number of hydroxylamine groups is 1. The quantitative estimate of drug-likeness (QED) is 0.382. The number of allylic oxidation sites excluding steroid dienone is 1. The lowest BCUT2D eigenvalue weighted by Gasteiger charge is -2.00. The molecule has 0 atom stereocenters. The number of carbonyl (C=O) groups is 2. The van der Waals surface area contributed by atoms with Gasteiger partial charge in [-0.2, -0.15) is 0 Å². The highest BCUT2D eigenvalue weighted by molar-refractivity contribution is 6.07. The molecule has 2 aromatic rings. The molecular formula is C18H13F2NO3. The zero-order valence-corrected chi connectivity index (χ0v) is 12.4. The molecule has 0 aromatic heterocycles. The molecule has 0 saturated carbocycles. The molecule has 0 fully saturated rings. The second kappa shape index (κ2) is 7.94. The minimum atomic E-state index is -0.910. The SMILES string of the molecule is O=C(C=Cc1ccc(C=CC(=O)c2c(F)cccc2F)cc1)NO. The van der Waals surface area contributed by atoms with Crippen LogP contribution in [0.15, 0.2) is 54.6 Å². The number of halogens is 2. The van der Waals surface area contributed by atoms with Crippen molar-refractivity contribution >= 4 is 23.8 Å². The fourth-order valence-corrected chi connectivity index (χ4v) is 1.92.